The van der Waals surface area contributed by atoms with Gasteiger partial charge in [0.15, 0.2) is 0 Å². The molecule has 1 N–H and O–H groups in total. The topological polar surface area (TPSA) is 62.9 Å². The molecule has 0 saturated carbocycles. The van der Waals surface area contributed by atoms with Crippen molar-refractivity contribution in [3.63, 3.8) is 0 Å². The number of hydrogen-bond acceptors (Lipinski definition) is 4. The predicted octanol–water partition coefficient (Wildman–Crippen LogP) is 1.62. The molecule has 2 rings (SSSR count). The quantitative estimate of drug-likeness (QED) is 0.813. The first kappa shape index (κ1) is 14.2. The Hall–Kier alpha value is -2.23. The third-order valence-corrected chi connectivity index (χ3v) is 2.85. The van der Waals surface area contributed by atoms with Crippen LogP contribution >= 0.6 is 0 Å². The standard InChI is InChI=1S/C14H15FN4O/c1-20-8-6-17-10-11-3-2-4-12(15)14(11)19-7-5-18-13(19)9-16/h2-5,7,17H,6,8,10H2,1H3. The molecule has 0 atom stereocenters. The molecule has 1 aromatic carbocycles. The molecule has 20 heavy (non-hydrogen) atoms. The van der Waals surface area contributed by atoms with E-state index in [9.17, 15) is 4.39 Å². The molecular weight excluding hydrogens is 259 g/mol. The zero-order valence-electron chi connectivity index (χ0n) is 11.1. The molecule has 0 aliphatic rings. The number of imidazole rings is 1. The zero-order valence-corrected chi connectivity index (χ0v) is 11.1. The van der Waals surface area contributed by atoms with Crippen molar-refractivity contribution in [3.8, 4) is 11.8 Å². The molecule has 0 bridgehead atoms. The number of nitrogens with one attached hydrogen (secondary N) is 1. The van der Waals surface area contributed by atoms with Crippen molar-refractivity contribution in [2.75, 3.05) is 20.3 Å². The van der Waals surface area contributed by atoms with Gasteiger partial charge < -0.3 is 10.1 Å². The second-order valence-corrected chi connectivity index (χ2v) is 4.15. The Labute approximate surface area is 116 Å². The summed E-state index contributed by atoms with van der Waals surface area (Å²) in [6, 6.07) is 6.79. The van der Waals surface area contributed by atoms with Gasteiger partial charge in [-0.25, -0.2) is 9.37 Å². The fourth-order valence-electron chi connectivity index (χ4n) is 1.94. The number of hydrogen-bond donors (Lipinski definition) is 1. The van der Waals surface area contributed by atoms with E-state index in [1.165, 1.54) is 16.8 Å². The molecule has 0 aliphatic carbocycles. The lowest BCUT2D eigenvalue weighted by atomic mass is 10.1. The molecule has 2 aromatic rings. The van der Waals surface area contributed by atoms with Gasteiger partial charge in [0.05, 0.1) is 12.3 Å². The van der Waals surface area contributed by atoms with Crippen molar-refractivity contribution < 1.29 is 9.13 Å². The van der Waals surface area contributed by atoms with Crippen LogP contribution in [0.2, 0.25) is 0 Å². The number of methoxy groups -OCH3 is 1. The Morgan fingerprint density at radius 3 is 3.10 bits per heavy atom. The van der Waals surface area contributed by atoms with Crippen LogP contribution in [0.4, 0.5) is 4.39 Å². The minimum atomic E-state index is -0.384. The highest BCUT2D eigenvalue weighted by atomic mass is 19.1. The maximum absolute atomic E-state index is 14.1. The van der Waals surface area contributed by atoms with Crippen LogP contribution in [0.1, 0.15) is 11.4 Å². The van der Waals surface area contributed by atoms with Gasteiger partial charge in [0.1, 0.15) is 11.9 Å². The van der Waals surface area contributed by atoms with Crippen LogP contribution in [-0.4, -0.2) is 29.8 Å². The molecule has 0 aliphatic heterocycles. The first-order chi connectivity index (χ1) is 9.77. The fraction of sp³-hybridized carbons (Fsp3) is 0.286. The third-order valence-electron chi connectivity index (χ3n) is 2.85. The molecular formula is C14H15FN4O. The molecule has 0 radical (unpaired) electrons. The van der Waals surface area contributed by atoms with Gasteiger partial charge in [-0.05, 0) is 11.6 Å². The largest absolute Gasteiger partial charge is 0.383 e. The van der Waals surface area contributed by atoms with E-state index in [4.69, 9.17) is 10.00 Å². The van der Waals surface area contributed by atoms with Gasteiger partial charge in [-0.2, -0.15) is 5.26 Å². The Bertz CT molecular complexity index is 618. The number of nitrogens with zero attached hydrogens (tertiary/aromatic N) is 3. The smallest absolute Gasteiger partial charge is 0.217 e. The van der Waals surface area contributed by atoms with Crippen LogP contribution in [0.3, 0.4) is 0 Å². The summed E-state index contributed by atoms with van der Waals surface area (Å²) in [6.07, 6.45) is 3.06. The van der Waals surface area contributed by atoms with Crippen molar-refractivity contribution in [3.05, 3.63) is 47.8 Å². The molecule has 0 unspecified atom stereocenters. The highest BCUT2D eigenvalue weighted by Crippen LogP contribution is 2.20. The van der Waals surface area contributed by atoms with E-state index in [1.807, 2.05) is 12.1 Å². The average molecular weight is 274 g/mol. The zero-order chi connectivity index (χ0) is 14.4. The summed E-state index contributed by atoms with van der Waals surface area (Å²) in [5.74, 6) is -0.223. The lowest BCUT2D eigenvalue weighted by Gasteiger charge is -2.12. The normalized spacial score (nSPS) is 10.4. The summed E-state index contributed by atoms with van der Waals surface area (Å²) in [5.41, 5.74) is 1.11. The first-order valence-electron chi connectivity index (χ1n) is 6.18. The predicted molar refractivity (Wildman–Crippen MR) is 71.8 cm³/mol. The molecule has 0 fully saturated rings. The molecule has 104 valence electrons. The second-order valence-electron chi connectivity index (χ2n) is 4.15. The number of rotatable bonds is 6. The average Bonchev–Trinajstić information content (AvgIpc) is 2.91. The van der Waals surface area contributed by atoms with Crippen molar-refractivity contribution in [2.24, 2.45) is 0 Å². The Balaban J connectivity index is 2.30. The Kier molecular flexibility index (Phi) is 4.82. The van der Waals surface area contributed by atoms with Gasteiger partial charge in [-0.3, -0.25) is 4.57 Å². The SMILES string of the molecule is COCCNCc1cccc(F)c1-n1ccnc1C#N. The van der Waals surface area contributed by atoms with E-state index in [-0.39, 0.29) is 11.6 Å². The number of nitriles is 1. The van der Waals surface area contributed by atoms with E-state index in [2.05, 4.69) is 10.3 Å². The fourth-order valence-corrected chi connectivity index (χ4v) is 1.94. The third kappa shape index (κ3) is 3.02. The molecule has 0 spiro atoms. The maximum Gasteiger partial charge on any atom is 0.217 e. The minimum Gasteiger partial charge on any atom is -0.383 e. The Morgan fingerprint density at radius 2 is 2.35 bits per heavy atom. The van der Waals surface area contributed by atoms with Crippen LogP contribution in [0.15, 0.2) is 30.6 Å². The van der Waals surface area contributed by atoms with E-state index < -0.39 is 0 Å². The van der Waals surface area contributed by atoms with E-state index in [0.29, 0.717) is 25.4 Å². The molecule has 1 heterocycles. The van der Waals surface area contributed by atoms with Crippen molar-refractivity contribution in [2.45, 2.75) is 6.54 Å². The van der Waals surface area contributed by atoms with Gasteiger partial charge in [0, 0.05) is 32.6 Å². The lowest BCUT2D eigenvalue weighted by molar-refractivity contribution is 0.199. The van der Waals surface area contributed by atoms with Crippen molar-refractivity contribution >= 4 is 0 Å². The molecule has 1 aromatic heterocycles. The summed E-state index contributed by atoms with van der Waals surface area (Å²) in [7, 11) is 1.62. The number of ether oxygens (including phenoxy) is 1. The van der Waals surface area contributed by atoms with Crippen LogP contribution in [-0.2, 0) is 11.3 Å². The van der Waals surface area contributed by atoms with Crippen molar-refractivity contribution in [1.82, 2.24) is 14.9 Å². The summed E-state index contributed by atoms with van der Waals surface area (Å²) in [4.78, 5) is 3.90. The van der Waals surface area contributed by atoms with Crippen LogP contribution in [0.25, 0.3) is 5.69 Å². The number of aromatic nitrogens is 2. The molecule has 6 heteroatoms. The van der Waals surface area contributed by atoms with Crippen LogP contribution in [0, 0.1) is 17.1 Å². The number of benzene rings is 1. The second kappa shape index (κ2) is 6.80. The summed E-state index contributed by atoms with van der Waals surface area (Å²) >= 11 is 0. The molecule has 5 nitrogen and oxygen atoms in total. The highest BCUT2D eigenvalue weighted by Gasteiger charge is 2.13. The van der Waals surface area contributed by atoms with E-state index in [1.54, 1.807) is 19.4 Å². The first-order valence-corrected chi connectivity index (χ1v) is 6.18. The van der Waals surface area contributed by atoms with Gasteiger partial charge in [0.25, 0.3) is 0 Å². The minimum absolute atomic E-state index is 0.160. The monoisotopic (exact) mass is 274 g/mol. The van der Waals surface area contributed by atoms with E-state index >= 15 is 0 Å². The van der Waals surface area contributed by atoms with E-state index in [0.717, 1.165) is 5.56 Å². The summed E-state index contributed by atoms with van der Waals surface area (Å²) < 4.78 is 20.5. The lowest BCUT2D eigenvalue weighted by Crippen LogP contribution is -2.20. The highest BCUT2D eigenvalue weighted by molar-refractivity contribution is 5.44. The Morgan fingerprint density at radius 1 is 1.50 bits per heavy atom. The van der Waals surface area contributed by atoms with Gasteiger partial charge in [-0.15, -0.1) is 0 Å². The number of halogens is 1. The maximum atomic E-state index is 14.1. The molecule has 0 amide bonds. The molecule has 0 saturated heterocycles. The van der Waals surface area contributed by atoms with Gasteiger partial charge >= 0.3 is 0 Å². The van der Waals surface area contributed by atoms with Gasteiger partial charge in [0.2, 0.25) is 5.82 Å². The van der Waals surface area contributed by atoms with Gasteiger partial charge in [-0.1, -0.05) is 12.1 Å². The van der Waals surface area contributed by atoms with Crippen LogP contribution < -0.4 is 5.32 Å². The summed E-state index contributed by atoms with van der Waals surface area (Å²) in [5, 5.41) is 12.2. The number of para-hydroxylation sites is 1. The van der Waals surface area contributed by atoms with Crippen molar-refractivity contribution in [1.29, 1.82) is 5.26 Å². The van der Waals surface area contributed by atoms with Crippen LogP contribution in [0.5, 0.6) is 0 Å². The summed E-state index contributed by atoms with van der Waals surface area (Å²) in [6.45, 7) is 1.74.